The second kappa shape index (κ2) is 7.46. The molecule has 0 radical (unpaired) electrons. The number of anilines is 1. The van der Waals surface area contributed by atoms with Crippen molar-refractivity contribution in [1.82, 2.24) is 4.90 Å². The highest BCUT2D eigenvalue weighted by Crippen LogP contribution is 2.41. The Morgan fingerprint density at radius 3 is 2.89 bits per heavy atom. The quantitative estimate of drug-likeness (QED) is 0.839. The van der Waals surface area contributed by atoms with E-state index in [0.29, 0.717) is 29.7 Å². The third-order valence-corrected chi connectivity index (χ3v) is 6.06. The van der Waals surface area contributed by atoms with Crippen molar-refractivity contribution in [2.24, 2.45) is 5.92 Å². The summed E-state index contributed by atoms with van der Waals surface area (Å²) in [7, 11) is -3.27. The molecule has 6 nitrogen and oxygen atoms in total. The lowest BCUT2D eigenvalue weighted by atomic mass is 9.86. The van der Waals surface area contributed by atoms with Crippen molar-refractivity contribution >= 4 is 15.7 Å². The van der Waals surface area contributed by atoms with E-state index in [1.807, 2.05) is 36.4 Å². The van der Waals surface area contributed by atoms with E-state index in [1.54, 1.807) is 6.07 Å². The van der Waals surface area contributed by atoms with Crippen LogP contribution in [0.4, 0.5) is 5.69 Å². The molecule has 146 valence electrons. The highest BCUT2D eigenvalue weighted by molar-refractivity contribution is 7.92. The summed E-state index contributed by atoms with van der Waals surface area (Å²) >= 11 is 0. The fourth-order valence-corrected chi connectivity index (χ4v) is 4.75. The molecule has 2 aromatic carbocycles. The number of hydrogen-bond acceptors (Lipinski definition) is 5. The molecule has 2 aliphatic rings. The van der Waals surface area contributed by atoms with Crippen LogP contribution in [0, 0.1) is 17.2 Å². The van der Waals surface area contributed by atoms with Crippen molar-refractivity contribution < 1.29 is 13.2 Å². The summed E-state index contributed by atoms with van der Waals surface area (Å²) in [6.07, 6.45) is 2.01. The first-order valence-electron chi connectivity index (χ1n) is 9.37. The molecule has 1 N–H and O–H groups in total. The van der Waals surface area contributed by atoms with Gasteiger partial charge in [0.05, 0.1) is 24.5 Å². The van der Waals surface area contributed by atoms with Crippen molar-refractivity contribution in [3.05, 3.63) is 59.2 Å². The molecular weight excluding hydrogens is 374 g/mol. The fourth-order valence-electron chi connectivity index (χ4n) is 4.19. The van der Waals surface area contributed by atoms with Gasteiger partial charge in [-0.1, -0.05) is 12.1 Å². The first-order chi connectivity index (χ1) is 13.4. The van der Waals surface area contributed by atoms with Gasteiger partial charge in [-0.25, -0.2) is 8.42 Å². The van der Waals surface area contributed by atoms with E-state index in [9.17, 15) is 13.7 Å². The molecule has 0 aliphatic carbocycles. The van der Waals surface area contributed by atoms with Gasteiger partial charge >= 0.3 is 0 Å². The molecule has 2 aromatic rings. The van der Waals surface area contributed by atoms with E-state index >= 15 is 0 Å². The number of hydrogen-bond donors (Lipinski definition) is 1. The van der Waals surface area contributed by atoms with Crippen molar-refractivity contribution in [2.75, 3.05) is 37.2 Å². The largest absolute Gasteiger partial charge is 0.493 e. The van der Waals surface area contributed by atoms with Crippen LogP contribution in [0.15, 0.2) is 42.5 Å². The zero-order chi connectivity index (χ0) is 19.7. The highest BCUT2D eigenvalue weighted by atomic mass is 32.2. The molecule has 1 fully saturated rings. The van der Waals surface area contributed by atoms with Gasteiger partial charge < -0.3 is 9.64 Å². The maximum Gasteiger partial charge on any atom is 0.229 e. The summed E-state index contributed by atoms with van der Waals surface area (Å²) in [5.74, 6) is 1.75. The Labute approximate surface area is 165 Å². The number of ether oxygens (including phenoxy) is 1. The van der Waals surface area contributed by atoms with Crippen LogP contribution in [0.2, 0.25) is 0 Å². The zero-order valence-corrected chi connectivity index (χ0v) is 16.6. The maximum atomic E-state index is 11.4. The van der Waals surface area contributed by atoms with Gasteiger partial charge in [0.2, 0.25) is 10.0 Å². The van der Waals surface area contributed by atoms with Gasteiger partial charge in [-0.2, -0.15) is 5.26 Å². The Morgan fingerprint density at radius 1 is 1.25 bits per heavy atom. The van der Waals surface area contributed by atoms with Crippen molar-refractivity contribution in [2.45, 2.75) is 12.3 Å². The lowest BCUT2D eigenvalue weighted by molar-refractivity contribution is 0.213. The lowest BCUT2D eigenvalue weighted by Crippen LogP contribution is -2.25. The minimum atomic E-state index is -3.27. The number of rotatable bonds is 5. The molecule has 0 spiro atoms. The SMILES string of the molecule is CS(=O)(=O)Nc1cccc(CCN2C[C@@H]3COc4ccc(C#N)cc4[C@H]3C2)c1. The van der Waals surface area contributed by atoms with E-state index < -0.39 is 10.0 Å². The molecule has 1 saturated heterocycles. The summed E-state index contributed by atoms with van der Waals surface area (Å²) in [5, 5.41) is 9.19. The van der Waals surface area contributed by atoms with E-state index in [1.165, 1.54) is 0 Å². The minimum Gasteiger partial charge on any atom is -0.493 e. The molecule has 0 aromatic heterocycles. The van der Waals surface area contributed by atoms with Crippen LogP contribution in [-0.2, 0) is 16.4 Å². The molecule has 0 unspecified atom stereocenters. The summed E-state index contributed by atoms with van der Waals surface area (Å²) in [6, 6.07) is 15.5. The molecule has 2 aliphatic heterocycles. The van der Waals surface area contributed by atoms with E-state index in [0.717, 1.165) is 49.2 Å². The number of nitrogens with one attached hydrogen (secondary N) is 1. The van der Waals surface area contributed by atoms with E-state index in [2.05, 4.69) is 15.7 Å². The highest BCUT2D eigenvalue weighted by Gasteiger charge is 2.38. The normalized spacial score (nSPS) is 21.3. The Kier molecular flexibility index (Phi) is 5.00. The van der Waals surface area contributed by atoms with Crippen LogP contribution in [0.25, 0.3) is 0 Å². The van der Waals surface area contributed by atoms with Crippen molar-refractivity contribution in [1.29, 1.82) is 5.26 Å². The number of fused-ring (bicyclic) bond motifs is 3. The Morgan fingerprint density at radius 2 is 2.11 bits per heavy atom. The fraction of sp³-hybridized carbons (Fsp3) is 0.381. The van der Waals surface area contributed by atoms with E-state index in [4.69, 9.17) is 4.74 Å². The van der Waals surface area contributed by atoms with Crippen molar-refractivity contribution in [3.8, 4) is 11.8 Å². The predicted molar refractivity (Wildman–Crippen MR) is 108 cm³/mol. The monoisotopic (exact) mass is 397 g/mol. The Bertz CT molecular complexity index is 1030. The summed E-state index contributed by atoms with van der Waals surface area (Å²) in [6.45, 7) is 3.55. The Balaban J connectivity index is 1.42. The molecule has 2 atom stereocenters. The molecule has 28 heavy (non-hydrogen) atoms. The number of sulfonamides is 1. The summed E-state index contributed by atoms with van der Waals surface area (Å²) in [5.41, 5.74) is 3.53. The predicted octanol–water partition coefficient (Wildman–Crippen LogP) is 2.58. The minimum absolute atomic E-state index is 0.398. The molecule has 0 saturated carbocycles. The van der Waals surface area contributed by atoms with E-state index in [-0.39, 0.29) is 0 Å². The van der Waals surface area contributed by atoms with Gasteiger partial charge in [0.1, 0.15) is 5.75 Å². The van der Waals surface area contributed by atoms with Gasteiger partial charge in [0.15, 0.2) is 0 Å². The molecular formula is C21H23N3O3S. The third-order valence-electron chi connectivity index (χ3n) is 5.45. The molecule has 7 heteroatoms. The maximum absolute atomic E-state index is 11.4. The molecule has 2 heterocycles. The smallest absolute Gasteiger partial charge is 0.229 e. The van der Waals surface area contributed by atoms with Gasteiger partial charge in [-0.05, 0) is 42.3 Å². The molecule has 4 rings (SSSR count). The average Bonchev–Trinajstić information content (AvgIpc) is 3.08. The third kappa shape index (κ3) is 4.13. The van der Waals surface area contributed by atoms with Crippen LogP contribution in [0.1, 0.15) is 22.6 Å². The summed E-state index contributed by atoms with van der Waals surface area (Å²) < 4.78 is 31.3. The number of nitriles is 1. The lowest BCUT2D eigenvalue weighted by Gasteiger charge is -2.27. The zero-order valence-electron chi connectivity index (χ0n) is 15.8. The van der Waals surface area contributed by atoms with Gasteiger partial charge in [-0.3, -0.25) is 4.72 Å². The van der Waals surface area contributed by atoms with Crippen LogP contribution in [0.5, 0.6) is 5.75 Å². The van der Waals surface area contributed by atoms with Gasteiger partial charge in [0, 0.05) is 42.7 Å². The van der Waals surface area contributed by atoms with Gasteiger partial charge in [0.25, 0.3) is 0 Å². The second-order valence-corrected chi connectivity index (χ2v) is 9.37. The van der Waals surface area contributed by atoms with Crippen LogP contribution in [0.3, 0.4) is 0 Å². The van der Waals surface area contributed by atoms with Crippen LogP contribution in [-0.4, -0.2) is 45.8 Å². The number of likely N-dealkylation sites (tertiary alicyclic amines) is 1. The first-order valence-corrected chi connectivity index (χ1v) is 11.3. The second-order valence-electron chi connectivity index (χ2n) is 7.63. The number of nitrogens with zero attached hydrogens (tertiary/aromatic N) is 2. The molecule has 0 bridgehead atoms. The molecule has 0 amide bonds. The van der Waals surface area contributed by atoms with Gasteiger partial charge in [-0.15, -0.1) is 0 Å². The van der Waals surface area contributed by atoms with Crippen molar-refractivity contribution in [3.63, 3.8) is 0 Å². The average molecular weight is 398 g/mol. The topological polar surface area (TPSA) is 82.4 Å². The first kappa shape index (κ1) is 18.8. The number of benzene rings is 2. The summed E-state index contributed by atoms with van der Waals surface area (Å²) in [4.78, 5) is 2.43. The van der Waals surface area contributed by atoms with Crippen LogP contribution >= 0.6 is 0 Å². The standard InChI is InChI=1S/C21H23N3O3S/c1-28(25,26)23-18-4-2-3-15(9-18)7-8-24-12-17-14-27-21-6-5-16(11-22)10-19(21)20(17)13-24/h2-6,9-10,17,20,23H,7-8,12-14H2,1H3/t17-,20+/m1/s1. The van der Waals surface area contributed by atoms with Crippen LogP contribution < -0.4 is 9.46 Å². The Hall–Kier alpha value is -2.56.